The van der Waals surface area contributed by atoms with Gasteiger partial charge in [0.1, 0.15) is 48.1 Å². The molecular formula is C34H41NO17. The maximum atomic E-state index is 14.9. The lowest BCUT2D eigenvalue weighted by atomic mass is 9.45. The average Bonchev–Trinajstić information content (AvgIpc) is 3.27. The molecule has 1 aromatic rings. The summed E-state index contributed by atoms with van der Waals surface area (Å²) in [5.74, 6) is -9.50. The van der Waals surface area contributed by atoms with Gasteiger partial charge in [-0.2, -0.15) is 0 Å². The smallest absolute Gasteiger partial charge is 0.340 e. The van der Waals surface area contributed by atoms with Gasteiger partial charge >= 0.3 is 35.8 Å². The molecule has 2 unspecified atom stereocenters. The highest BCUT2D eigenvalue weighted by atomic mass is 16.7. The first-order chi connectivity index (χ1) is 24.1. The molecule has 4 aliphatic rings. The molecular weight excluding hydrogens is 694 g/mol. The van der Waals surface area contributed by atoms with Crippen LogP contribution in [0.1, 0.15) is 70.9 Å². The van der Waals surface area contributed by atoms with Gasteiger partial charge in [0.05, 0.1) is 17.2 Å². The molecule has 4 bridgehead atoms. The Morgan fingerprint density at radius 1 is 0.923 bits per heavy atom. The molecule has 3 heterocycles. The van der Waals surface area contributed by atoms with Crippen molar-refractivity contribution in [3.05, 3.63) is 29.6 Å². The van der Waals surface area contributed by atoms with Gasteiger partial charge in [0.15, 0.2) is 29.2 Å². The number of carbonyl (C=O) groups is 7. The minimum Gasteiger partial charge on any atom is -0.465 e. The molecule has 284 valence electrons. The quantitative estimate of drug-likeness (QED) is 0.243. The predicted molar refractivity (Wildman–Crippen MR) is 166 cm³/mol. The van der Waals surface area contributed by atoms with E-state index in [1.54, 1.807) is 0 Å². The number of pyridine rings is 1. The Morgan fingerprint density at radius 2 is 1.54 bits per heavy atom. The number of fused-ring (bicyclic) bond motifs is 5. The van der Waals surface area contributed by atoms with Gasteiger partial charge in [-0.15, -0.1) is 0 Å². The normalized spacial score (nSPS) is 39.8. The summed E-state index contributed by atoms with van der Waals surface area (Å²) in [5, 5.41) is 36.3. The van der Waals surface area contributed by atoms with Crippen molar-refractivity contribution in [2.75, 3.05) is 13.2 Å². The first kappa shape index (κ1) is 38.7. The van der Waals surface area contributed by atoms with Crippen LogP contribution in [0.4, 0.5) is 0 Å². The van der Waals surface area contributed by atoms with Gasteiger partial charge in [-0.3, -0.25) is 29.0 Å². The van der Waals surface area contributed by atoms with Gasteiger partial charge in [-0.25, -0.2) is 9.59 Å². The van der Waals surface area contributed by atoms with Crippen LogP contribution in [-0.4, -0.2) is 128 Å². The van der Waals surface area contributed by atoms with Gasteiger partial charge in [-0.05, 0) is 45.7 Å². The molecule has 0 amide bonds. The SMILES string of the molecule is CC(=O)OC[C@]12C(OC(C)=O)C(=O)[C@@H]3[C@@H](OC(C)=O)[C@]14O[C@@]3(C)COC(=O)c1cccnc1CCC(C)(O)C(=O)O[C@@H]([C@H](O)[C@@H]2OC(C)=O)[C@]4(C)O. The van der Waals surface area contributed by atoms with Gasteiger partial charge in [0.2, 0.25) is 0 Å². The summed E-state index contributed by atoms with van der Waals surface area (Å²) < 4.78 is 40.5. The molecule has 3 N–H and O–H groups in total. The van der Waals surface area contributed by atoms with E-state index >= 15 is 0 Å². The lowest BCUT2D eigenvalue weighted by molar-refractivity contribution is -0.377. The summed E-state index contributed by atoms with van der Waals surface area (Å²) in [5.41, 5.74) is -12.8. The number of ketones is 1. The summed E-state index contributed by atoms with van der Waals surface area (Å²) in [6, 6.07) is 2.81. The van der Waals surface area contributed by atoms with E-state index < -0.39 is 125 Å². The molecule has 2 saturated carbocycles. The number of nitrogens with zero attached hydrogens (tertiary/aromatic N) is 1. The number of hydrogen-bond acceptors (Lipinski definition) is 18. The van der Waals surface area contributed by atoms with E-state index in [-0.39, 0.29) is 17.7 Å². The largest absolute Gasteiger partial charge is 0.465 e. The molecule has 18 heteroatoms. The third-order valence-corrected chi connectivity index (χ3v) is 10.4. The van der Waals surface area contributed by atoms with Crippen molar-refractivity contribution in [2.45, 2.75) is 114 Å². The summed E-state index contributed by atoms with van der Waals surface area (Å²) in [7, 11) is 0. The third-order valence-electron chi connectivity index (χ3n) is 10.4. The van der Waals surface area contributed by atoms with Crippen molar-refractivity contribution < 1.29 is 82.0 Å². The monoisotopic (exact) mass is 735 g/mol. The van der Waals surface area contributed by atoms with Crippen LogP contribution in [0.5, 0.6) is 0 Å². The Hall–Kier alpha value is -4.52. The first-order valence-corrected chi connectivity index (χ1v) is 16.4. The maximum absolute atomic E-state index is 14.9. The number of aliphatic hydroxyl groups excluding tert-OH is 1. The molecule has 11 atom stereocenters. The maximum Gasteiger partial charge on any atom is 0.340 e. The van der Waals surface area contributed by atoms with Gasteiger partial charge in [-0.1, -0.05) is 0 Å². The highest BCUT2D eigenvalue weighted by molar-refractivity contribution is 5.94. The molecule has 52 heavy (non-hydrogen) atoms. The number of esters is 6. The number of ether oxygens (including phenoxy) is 7. The topological polar surface area (TPSA) is 258 Å². The number of aliphatic hydroxyl groups is 3. The van der Waals surface area contributed by atoms with Crippen LogP contribution < -0.4 is 0 Å². The predicted octanol–water partition coefficient (Wildman–Crippen LogP) is -0.956. The molecule has 0 radical (unpaired) electrons. The average molecular weight is 736 g/mol. The van der Waals surface area contributed by atoms with Crippen LogP contribution >= 0.6 is 0 Å². The molecule has 2 aliphatic heterocycles. The number of hydrogen-bond donors (Lipinski definition) is 3. The van der Waals surface area contributed by atoms with Crippen molar-refractivity contribution >= 4 is 41.6 Å². The summed E-state index contributed by atoms with van der Waals surface area (Å²) in [4.78, 5) is 97.4. The minimum absolute atomic E-state index is 0.0785. The highest BCUT2D eigenvalue weighted by Gasteiger charge is 2.91. The molecule has 5 rings (SSSR count). The Labute approximate surface area is 297 Å². The van der Waals surface area contributed by atoms with E-state index in [4.69, 9.17) is 33.2 Å². The molecule has 18 nitrogen and oxygen atoms in total. The first-order valence-electron chi connectivity index (χ1n) is 16.4. The number of aryl methyl sites for hydroxylation is 1. The van der Waals surface area contributed by atoms with Crippen LogP contribution in [0.15, 0.2) is 18.3 Å². The molecule has 0 aromatic carbocycles. The second-order valence-corrected chi connectivity index (χ2v) is 14.2. The number of rotatable bonds is 5. The van der Waals surface area contributed by atoms with Gasteiger partial charge in [0.25, 0.3) is 0 Å². The minimum atomic E-state index is -2.89. The fourth-order valence-electron chi connectivity index (χ4n) is 8.31. The van der Waals surface area contributed by atoms with Crippen LogP contribution in [0, 0.1) is 11.3 Å². The molecule has 1 spiro atoms. The van der Waals surface area contributed by atoms with Crippen molar-refractivity contribution in [1.82, 2.24) is 4.98 Å². The van der Waals surface area contributed by atoms with Gasteiger partial charge < -0.3 is 48.5 Å². The molecule has 3 fully saturated rings. The van der Waals surface area contributed by atoms with E-state index in [1.165, 1.54) is 25.3 Å². The van der Waals surface area contributed by atoms with E-state index in [1.807, 2.05) is 0 Å². The number of carbonyl (C=O) groups excluding carboxylic acids is 7. The van der Waals surface area contributed by atoms with Crippen LogP contribution in [0.25, 0.3) is 0 Å². The number of Topliss-reactive ketones (excluding diaryl/α,β-unsaturated/α-hetero) is 1. The van der Waals surface area contributed by atoms with E-state index in [0.717, 1.165) is 41.5 Å². The van der Waals surface area contributed by atoms with Crippen molar-refractivity contribution in [3.63, 3.8) is 0 Å². The Kier molecular flexibility index (Phi) is 9.79. The Balaban J connectivity index is 1.91. The summed E-state index contributed by atoms with van der Waals surface area (Å²) in [6.45, 7) is 5.20. The van der Waals surface area contributed by atoms with Gasteiger partial charge in [0, 0.05) is 33.9 Å². The number of aromatic nitrogens is 1. The lowest BCUT2D eigenvalue weighted by Gasteiger charge is -2.66. The van der Waals surface area contributed by atoms with Crippen LogP contribution in [0.3, 0.4) is 0 Å². The molecule has 1 saturated heterocycles. The van der Waals surface area contributed by atoms with Crippen LogP contribution in [0.2, 0.25) is 0 Å². The zero-order chi connectivity index (χ0) is 38.8. The fourth-order valence-corrected chi connectivity index (χ4v) is 8.31. The Morgan fingerprint density at radius 3 is 2.13 bits per heavy atom. The highest BCUT2D eigenvalue weighted by Crippen LogP contribution is 2.68. The molecule has 2 aliphatic carbocycles. The zero-order valence-corrected chi connectivity index (χ0v) is 29.5. The van der Waals surface area contributed by atoms with E-state index in [9.17, 15) is 48.9 Å². The van der Waals surface area contributed by atoms with Crippen molar-refractivity contribution in [1.29, 1.82) is 0 Å². The second-order valence-electron chi connectivity index (χ2n) is 14.2. The standard InChI is InChI=1S/C34H41NO17/c1-15(36)46-14-33-26(49-17(3)38)22(40)21-24(48-16(2)37)34(33)32(7,45)25(23(41)27(33)50-18(4)39)51-29(43)30(5,44)11-10-20-19(9-8-12-35-20)28(42)47-13-31(21,6)52-34/h8-9,12,21,23-27,41,44-45H,10-11,13-14H2,1-7H3/t21-,23+,24-,25+,26?,27+,30?,31+,32+,33-,34-/m1/s1. The van der Waals surface area contributed by atoms with E-state index in [0.29, 0.717) is 0 Å². The third kappa shape index (κ3) is 5.81. The Bertz CT molecular complexity index is 1710. The summed E-state index contributed by atoms with van der Waals surface area (Å²) in [6.07, 6.45) is -10.2. The summed E-state index contributed by atoms with van der Waals surface area (Å²) >= 11 is 0. The molecule has 1 aromatic heterocycles. The lowest BCUT2D eigenvalue weighted by Crippen LogP contribution is -2.88. The number of cyclic esters (lactones) is 1. The van der Waals surface area contributed by atoms with Crippen molar-refractivity contribution in [2.24, 2.45) is 11.3 Å². The van der Waals surface area contributed by atoms with Crippen LogP contribution in [-0.2, 0) is 68.3 Å². The zero-order valence-electron chi connectivity index (χ0n) is 29.5. The second kappa shape index (κ2) is 13.2. The van der Waals surface area contributed by atoms with E-state index in [2.05, 4.69) is 4.98 Å². The van der Waals surface area contributed by atoms with Crippen molar-refractivity contribution in [3.8, 4) is 0 Å². The fraction of sp³-hybridized carbons (Fsp3) is 0.647.